The second-order valence-corrected chi connectivity index (χ2v) is 6.02. The van der Waals surface area contributed by atoms with E-state index in [0.29, 0.717) is 28.6 Å². The molecule has 0 spiro atoms. The average molecular weight is 394 g/mol. The summed E-state index contributed by atoms with van der Waals surface area (Å²) in [6, 6.07) is 16.1. The van der Waals surface area contributed by atoms with E-state index < -0.39 is 5.91 Å². The van der Waals surface area contributed by atoms with E-state index in [-0.39, 0.29) is 19.2 Å². The van der Waals surface area contributed by atoms with Crippen LogP contribution in [-0.2, 0) is 6.61 Å². The van der Waals surface area contributed by atoms with Gasteiger partial charge in [-0.05, 0) is 36.4 Å². The smallest absolute Gasteiger partial charge is 0.307 e. The van der Waals surface area contributed by atoms with Crippen LogP contribution in [-0.4, -0.2) is 26.0 Å². The summed E-state index contributed by atoms with van der Waals surface area (Å²) in [6.07, 6.45) is 1.48. The van der Waals surface area contributed by atoms with Crippen LogP contribution in [0.5, 0.6) is 23.0 Å². The maximum Gasteiger partial charge on any atom is 0.307 e. The third-order valence-corrected chi connectivity index (χ3v) is 4.07. The molecule has 1 aliphatic heterocycles. The molecule has 2 heterocycles. The highest BCUT2D eigenvalue weighted by Crippen LogP contribution is 2.41. The molecule has 148 valence electrons. The molecule has 0 atom stereocenters. The number of hydrazone groups is 1. The van der Waals surface area contributed by atoms with Crippen LogP contribution < -0.4 is 24.4 Å². The Morgan fingerprint density at radius 2 is 2.03 bits per heavy atom. The number of carbonyl (C=O) groups excluding carboxylic acids is 1. The summed E-state index contributed by atoms with van der Waals surface area (Å²) in [5.41, 5.74) is 3.11. The monoisotopic (exact) mass is 394 g/mol. The molecule has 29 heavy (non-hydrogen) atoms. The second-order valence-electron chi connectivity index (χ2n) is 6.02. The fourth-order valence-corrected chi connectivity index (χ4v) is 2.69. The van der Waals surface area contributed by atoms with E-state index in [1.807, 2.05) is 30.3 Å². The highest BCUT2D eigenvalue weighted by Gasteiger charge is 2.19. The van der Waals surface area contributed by atoms with E-state index in [4.69, 9.17) is 23.4 Å². The summed E-state index contributed by atoms with van der Waals surface area (Å²) in [5.74, 6) is 2.56. The molecule has 4 rings (SSSR count). The normalized spacial score (nSPS) is 12.2. The van der Waals surface area contributed by atoms with Crippen molar-refractivity contribution in [3.8, 4) is 23.0 Å². The van der Waals surface area contributed by atoms with Gasteiger partial charge in [0.2, 0.25) is 12.5 Å². The van der Waals surface area contributed by atoms with E-state index in [2.05, 4.69) is 10.5 Å². The number of benzene rings is 2. The van der Waals surface area contributed by atoms with Gasteiger partial charge < -0.3 is 23.4 Å². The molecule has 1 N–H and O–H groups in total. The predicted molar refractivity (Wildman–Crippen MR) is 104 cm³/mol. The van der Waals surface area contributed by atoms with Crippen molar-refractivity contribution in [2.75, 3.05) is 13.9 Å². The Morgan fingerprint density at radius 1 is 1.17 bits per heavy atom. The number of nitrogens with one attached hydrogen (secondary N) is 1. The van der Waals surface area contributed by atoms with Crippen LogP contribution in [0.15, 0.2) is 64.1 Å². The van der Waals surface area contributed by atoms with Gasteiger partial charge in [-0.1, -0.05) is 18.2 Å². The Morgan fingerprint density at radius 3 is 2.86 bits per heavy atom. The lowest BCUT2D eigenvalue weighted by molar-refractivity contribution is 0.0923. The highest BCUT2D eigenvalue weighted by molar-refractivity contribution is 5.92. The lowest BCUT2D eigenvalue weighted by Crippen LogP contribution is -2.16. The lowest BCUT2D eigenvalue weighted by atomic mass is 10.2. The van der Waals surface area contributed by atoms with Gasteiger partial charge in [-0.3, -0.25) is 4.79 Å². The quantitative estimate of drug-likeness (QED) is 0.488. The Bertz CT molecular complexity index is 1030. The molecule has 8 heteroatoms. The van der Waals surface area contributed by atoms with Crippen molar-refractivity contribution >= 4 is 12.1 Å². The Hall–Kier alpha value is -3.94. The van der Waals surface area contributed by atoms with Crippen molar-refractivity contribution in [2.24, 2.45) is 5.10 Å². The minimum absolute atomic E-state index is 0.136. The third-order valence-electron chi connectivity index (χ3n) is 4.07. The number of hydrogen-bond acceptors (Lipinski definition) is 7. The van der Waals surface area contributed by atoms with Gasteiger partial charge >= 0.3 is 5.91 Å². The number of para-hydroxylation sites is 1. The Balaban J connectivity index is 1.35. The molecule has 1 amide bonds. The number of ether oxygens (including phenoxy) is 4. The number of amides is 1. The van der Waals surface area contributed by atoms with Crippen LogP contribution in [0, 0.1) is 0 Å². The largest absolute Gasteiger partial charge is 0.493 e. The van der Waals surface area contributed by atoms with Crippen molar-refractivity contribution in [3.05, 3.63) is 71.7 Å². The number of hydrogen-bond donors (Lipinski definition) is 1. The second kappa shape index (κ2) is 8.39. The molecule has 8 nitrogen and oxygen atoms in total. The zero-order chi connectivity index (χ0) is 20.1. The molecule has 1 aliphatic rings. The molecule has 0 saturated carbocycles. The molecule has 0 aliphatic carbocycles. The van der Waals surface area contributed by atoms with Gasteiger partial charge in [-0.25, -0.2) is 5.43 Å². The molecule has 0 bridgehead atoms. The predicted octanol–water partition coefficient (Wildman–Crippen LogP) is 3.36. The van der Waals surface area contributed by atoms with E-state index >= 15 is 0 Å². The van der Waals surface area contributed by atoms with E-state index in [1.54, 1.807) is 24.3 Å². The minimum Gasteiger partial charge on any atom is -0.493 e. The van der Waals surface area contributed by atoms with Gasteiger partial charge in [0.1, 0.15) is 18.1 Å². The van der Waals surface area contributed by atoms with Crippen molar-refractivity contribution in [3.63, 3.8) is 0 Å². The number of carbonyl (C=O) groups is 1. The number of methoxy groups -OCH3 is 1. The first-order valence-corrected chi connectivity index (χ1v) is 8.80. The van der Waals surface area contributed by atoms with Gasteiger partial charge in [0.05, 0.1) is 13.3 Å². The van der Waals surface area contributed by atoms with Crippen LogP contribution in [0.4, 0.5) is 0 Å². The van der Waals surface area contributed by atoms with E-state index in [0.717, 1.165) is 5.75 Å². The molecule has 0 radical (unpaired) electrons. The number of furan rings is 1. The summed E-state index contributed by atoms with van der Waals surface area (Å²) in [6.45, 7) is 0.357. The van der Waals surface area contributed by atoms with Crippen LogP contribution in [0.1, 0.15) is 21.9 Å². The van der Waals surface area contributed by atoms with Crippen LogP contribution >= 0.6 is 0 Å². The summed E-state index contributed by atoms with van der Waals surface area (Å²) in [7, 11) is 1.54. The Labute approximate surface area is 166 Å². The topological polar surface area (TPSA) is 91.5 Å². The molecular formula is C21H18N2O6. The molecule has 0 unspecified atom stereocenters. The van der Waals surface area contributed by atoms with Crippen LogP contribution in [0.25, 0.3) is 0 Å². The first kappa shape index (κ1) is 18.4. The maximum absolute atomic E-state index is 12.2. The molecule has 2 aromatic carbocycles. The first-order chi connectivity index (χ1) is 14.2. The lowest BCUT2D eigenvalue weighted by Gasteiger charge is -2.05. The van der Waals surface area contributed by atoms with Crippen molar-refractivity contribution in [2.45, 2.75) is 6.61 Å². The SMILES string of the molecule is COc1cc(/C=N\NC(=O)c2ccc(COc3ccccc3)o2)cc2c1OCO2. The summed E-state index contributed by atoms with van der Waals surface area (Å²) in [4.78, 5) is 12.2. The van der Waals surface area contributed by atoms with E-state index in [1.165, 1.54) is 13.3 Å². The standard InChI is InChI=1S/C21H18N2O6/c1-25-18-9-14(10-19-20(18)28-13-27-19)11-22-23-21(24)17-8-7-16(29-17)12-26-15-5-3-2-4-6-15/h2-11H,12-13H2,1H3,(H,23,24)/b22-11-. The summed E-state index contributed by atoms with van der Waals surface area (Å²) < 4.78 is 27.1. The molecule has 1 aromatic heterocycles. The van der Waals surface area contributed by atoms with Crippen LogP contribution in [0.2, 0.25) is 0 Å². The van der Waals surface area contributed by atoms with Crippen molar-refractivity contribution in [1.29, 1.82) is 0 Å². The van der Waals surface area contributed by atoms with Gasteiger partial charge in [0, 0.05) is 5.56 Å². The summed E-state index contributed by atoms with van der Waals surface area (Å²) in [5, 5.41) is 3.95. The van der Waals surface area contributed by atoms with Gasteiger partial charge in [0.25, 0.3) is 0 Å². The summed E-state index contributed by atoms with van der Waals surface area (Å²) >= 11 is 0. The molecular weight excluding hydrogens is 376 g/mol. The fourth-order valence-electron chi connectivity index (χ4n) is 2.69. The first-order valence-electron chi connectivity index (χ1n) is 8.80. The van der Waals surface area contributed by atoms with Crippen molar-refractivity contribution in [1.82, 2.24) is 5.43 Å². The highest BCUT2D eigenvalue weighted by atomic mass is 16.7. The third kappa shape index (κ3) is 4.32. The molecule has 0 saturated heterocycles. The maximum atomic E-state index is 12.2. The molecule has 0 fully saturated rings. The zero-order valence-corrected chi connectivity index (χ0v) is 15.6. The van der Waals surface area contributed by atoms with Crippen molar-refractivity contribution < 1.29 is 28.2 Å². The fraction of sp³-hybridized carbons (Fsp3) is 0.143. The Kier molecular flexibility index (Phi) is 5.33. The zero-order valence-electron chi connectivity index (χ0n) is 15.6. The van der Waals surface area contributed by atoms with E-state index in [9.17, 15) is 4.79 Å². The van der Waals surface area contributed by atoms with Gasteiger partial charge in [0.15, 0.2) is 17.3 Å². The number of rotatable bonds is 7. The van der Waals surface area contributed by atoms with Gasteiger partial charge in [-0.2, -0.15) is 5.10 Å². The van der Waals surface area contributed by atoms with Crippen LogP contribution in [0.3, 0.4) is 0 Å². The van der Waals surface area contributed by atoms with Gasteiger partial charge in [-0.15, -0.1) is 0 Å². The average Bonchev–Trinajstić information content (AvgIpc) is 3.42. The number of fused-ring (bicyclic) bond motifs is 1. The minimum atomic E-state index is -0.472. The molecule has 3 aromatic rings. The number of nitrogens with zero attached hydrogens (tertiary/aromatic N) is 1.